The molecule has 0 fully saturated rings. The molecule has 0 atom stereocenters. The molecule has 1 rings (SSSR count). The number of ether oxygens (including phenoxy) is 1. The maximum absolute atomic E-state index is 11.9. The Kier molecular flexibility index (Phi) is 6.25. The number of hydrogen-bond donors (Lipinski definition) is 1. The van der Waals surface area contributed by atoms with Crippen LogP contribution in [-0.2, 0) is 14.8 Å². The van der Waals surface area contributed by atoms with Crippen molar-refractivity contribution in [2.75, 3.05) is 23.7 Å². The van der Waals surface area contributed by atoms with Crippen LogP contribution in [-0.4, -0.2) is 39.5 Å². The maximum atomic E-state index is 11.9. The highest BCUT2D eigenvalue weighted by Crippen LogP contribution is 2.21. The minimum absolute atomic E-state index is 0.120. The number of rotatable bonds is 5. The molecule has 0 radical (unpaired) electrons. The summed E-state index contributed by atoms with van der Waals surface area (Å²) in [6.45, 7) is 5.55. The lowest BCUT2D eigenvalue weighted by Crippen LogP contribution is -2.40. The van der Waals surface area contributed by atoms with Crippen molar-refractivity contribution in [1.82, 2.24) is 5.32 Å². The molecule has 124 valence electrons. The first-order valence-electron chi connectivity index (χ1n) is 6.69. The van der Waals surface area contributed by atoms with Gasteiger partial charge in [0.1, 0.15) is 5.60 Å². The van der Waals surface area contributed by atoms with Crippen molar-refractivity contribution >= 4 is 37.7 Å². The van der Waals surface area contributed by atoms with E-state index in [-0.39, 0.29) is 13.1 Å². The number of alkyl carbamates (subject to hydrolysis) is 1. The zero-order valence-corrected chi connectivity index (χ0v) is 15.5. The van der Waals surface area contributed by atoms with Gasteiger partial charge in [-0.15, -0.1) is 0 Å². The van der Waals surface area contributed by atoms with Crippen molar-refractivity contribution in [2.24, 2.45) is 0 Å². The van der Waals surface area contributed by atoms with Crippen molar-refractivity contribution in [3.05, 3.63) is 28.7 Å². The highest BCUT2D eigenvalue weighted by atomic mass is 79.9. The minimum atomic E-state index is -3.45. The van der Waals surface area contributed by atoms with Crippen molar-refractivity contribution in [1.29, 1.82) is 0 Å². The van der Waals surface area contributed by atoms with Gasteiger partial charge in [0.25, 0.3) is 0 Å². The first kappa shape index (κ1) is 18.8. The number of halogens is 1. The molecule has 0 saturated carbocycles. The molecule has 22 heavy (non-hydrogen) atoms. The Labute approximate surface area is 140 Å². The summed E-state index contributed by atoms with van der Waals surface area (Å²) in [5.74, 6) is 0. The van der Waals surface area contributed by atoms with Crippen LogP contribution in [0.4, 0.5) is 10.5 Å². The van der Waals surface area contributed by atoms with E-state index in [1.165, 1.54) is 4.31 Å². The Bertz CT molecular complexity index is 626. The predicted octanol–water partition coefficient (Wildman–Crippen LogP) is 2.74. The summed E-state index contributed by atoms with van der Waals surface area (Å²) in [4.78, 5) is 11.6. The van der Waals surface area contributed by atoms with Crippen molar-refractivity contribution in [3.8, 4) is 0 Å². The van der Waals surface area contributed by atoms with Crippen molar-refractivity contribution in [2.45, 2.75) is 26.4 Å². The van der Waals surface area contributed by atoms with Gasteiger partial charge in [-0.2, -0.15) is 0 Å². The fourth-order valence-corrected chi connectivity index (χ4v) is 3.00. The maximum Gasteiger partial charge on any atom is 0.407 e. The average molecular weight is 393 g/mol. The Morgan fingerprint density at radius 2 is 2.00 bits per heavy atom. The molecule has 0 bridgehead atoms. The summed E-state index contributed by atoms with van der Waals surface area (Å²) >= 11 is 3.31. The molecule has 1 aromatic carbocycles. The summed E-state index contributed by atoms with van der Waals surface area (Å²) in [7, 11) is -3.45. The number of carbonyl (C=O) groups is 1. The van der Waals surface area contributed by atoms with Gasteiger partial charge in [-0.3, -0.25) is 4.31 Å². The van der Waals surface area contributed by atoms with Gasteiger partial charge in [0.05, 0.1) is 18.5 Å². The van der Waals surface area contributed by atoms with E-state index in [0.29, 0.717) is 5.69 Å². The Balaban J connectivity index is 2.71. The molecule has 8 heteroatoms. The van der Waals surface area contributed by atoms with Crippen LogP contribution in [0.15, 0.2) is 28.7 Å². The van der Waals surface area contributed by atoms with Crippen LogP contribution in [0.1, 0.15) is 20.8 Å². The predicted molar refractivity (Wildman–Crippen MR) is 90.6 cm³/mol. The largest absolute Gasteiger partial charge is 0.444 e. The molecule has 1 N–H and O–H groups in total. The van der Waals surface area contributed by atoms with Gasteiger partial charge in [0, 0.05) is 11.0 Å². The van der Waals surface area contributed by atoms with E-state index < -0.39 is 21.7 Å². The number of nitrogens with zero attached hydrogens (tertiary/aromatic N) is 1. The van der Waals surface area contributed by atoms with Gasteiger partial charge in [0.2, 0.25) is 10.0 Å². The second-order valence-corrected chi connectivity index (χ2v) is 8.57. The molecule has 0 aliphatic heterocycles. The lowest BCUT2D eigenvalue weighted by molar-refractivity contribution is 0.0529. The van der Waals surface area contributed by atoms with Crippen LogP contribution >= 0.6 is 15.9 Å². The van der Waals surface area contributed by atoms with E-state index in [1.807, 2.05) is 6.07 Å². The van der Waals surface area contributed by atoms with Gasteiger partial charge < -0.3 is 10.1 Å². The monoisotopic (exact) mass is 392 g/mol. The number of anilines is 1. The van der Waals surface area contributed by atoms with E-state index >= 15 is 0 Å². The van der Waals surface area contributed by atoms with E-state index in [0.717, 1.165) is 10.7 Å². The quantitative estimate of drug-likeness (QED) is 0.835. The summed E-state index contributed by atoms with van der Waals surface area (Å²) in [5.41, 5.74) is -0.0619. The highest BCUT2D eigenvalue weighted by molar-refractivity contribution is 9.10. The summed E-state index contributed by atoms with van der Waals surface area (Å²) in [6.07, 6.45) is 0.552. The van der Waals surface area contributed by atoms with Crippen LogP contribution in [0.25, 0.3) is 0 Å². The summed E-state index contributed by atoms with van der Waals surface area (Å²) in [5, 5.41) is 2.55. The topological polar surface area (TPSA) is 75.7 Å². The van der Waals surface area contributed by atoms with Crippen LogP contribution < -0.4 is 9.62 Å². The third kappa shape index (κ3) is 6.65. The minimum Gasteiger partial charge on any atom is -0.444 e. The fourth-order valence-electron chi connectivity index (χ4n) is 1.69. The van der Waals surface area contributed by atoms with Crippen LogP contribution in [0, 0.1) is 0 Å². The van der Waals surface area contributed by atoms with Crippen molar-refractivity contribution < 1.29 is 17.9 Å². The Hall–Kier alpha value is -1.28. The number of amides is 1. The first-order chi connectivity index (χ1) is 9.99. The molecule has 0 aromatic heterocycles. The summed E-state index contributed by atoms with van der Waals surface area (Å²) in [6, 6.07) is 6.95. The molecule has 0 heterocycles. The van der Waals surface area contributed by atoms with Crippen LogP contribution in [0.5, 0.6) is 0 Å². The molecule has 1 aromatic rings. The van der Waals surface area contributed by atoms with E-state index in [9.17, 15) is 13.2 Å². The zero-order valence-electron chi connectivity index (χ0n) is 13.1. The van der Waals surface area contributed by atoms with E-state index in [1.54, 1.807) is 39.0 Å². The molecule has 0 saturated heterocycles. The van der Waals surface area contributed by atoms with Gasteiger partial charge in [0.15, 0.2) is 0 Å². The lowest BCUT2D eigenvalue weighted by Gasteiger charge is -2.24. The zero-order chi connectivity index (χ0) is 17.0. The lowest BCUT2D eigenvalue weighted by atomic mass is 10.2. The number of benzene rings is 1. The third-order valence-electron chi connectivity index (χ3n) is 2.48. The fraction of sp³-hybridized carbons (Fsp3) is 0.500. The third-order valence-corrected chi connectivity index (χ3v) is 4.17. The molecule has 0 aliphatic carbocycles. The van der Waals surface area contributed by atoms with Crippen LogP contribution in [0.3, 0.4) is 0 Å². The second-order valence-electron chi connectivity index (χ2n) is 5.74. The normalized spacial score (nSPS) is 11.9. The summed E-state index contributed by atoms with van der Waals surface area (Å²) < 4.78 is 30.9. The molecule has 1 amide bonds. The van der Waals surface area contributed by atoms with Gasteiger partial charge in [-0.05, 0) is 39.0 Å². The first-order valence-corrected chi connectivity index (χ1v) is 9.33. The number of carbonyl (C=O) groups excluding carboxylic acids is 1. The average Bonchev–Trinajstić information content (AvgIpc) is 2.30. The Morgan fingerprint density at radius 3 is 2.50 bits per heavy atom. The molecular formula is C14H21BrN2O4S. The molecule has 0 unspecified atom stereocenters. The number of hydrogen-bond acceptors (Lipinski definition) is 4. The number of nitrogens with one attached hydrogen (secondary N) is 1. The highest BCUT2D eigenvalue weighted by Gasteiger charge is 2.19. The van der Waals surface area contributed by atoms with Gasteiger partial charge in [-0.1, -0.05) is 22.0 Å². The van der Waals surface area contributed by atoms with Gasteiger partial charge in [-0.25, -0.2) is 13.2 Å². The van der Waals surface area contributed by atoms with E-state index in [2.05, 4.69) is 21.2 Å². The van der Waals surface area contributed by atoms with Crippen molar-refractivity contribution in [3.63, 3.8) is 0 Å². The van der Waals surface area contributed by atoms with Crippen LogP contribution in [0.2, 0.25) is 0 Å². The van der Waals surface area contributed by atoms with Gasteiger partial charge >= 0.3 is 6.09 Å². The molecule has 0 spiro atoms. The molecular weight excluding hydrogens is 372 g/mol. The van der Waals surface area contributed by atoms with E-state index in [4.69, 9.17) is 4.74 Å². The Morgan fingerprint density at radius 1 is 1.36 bits per heavy atom. The number of sulfonamides is 1. The molecule has 6 nitrogen and oxygen atoms in total. The second kappa shape index (κ2) is 7.32. The SMILES string of the molecule is CC(C)(C)OC(=O)NCCN(c1cccc(Br)c1)S(C)(=O)=O. The smallest absolute Gasteiger partial charge is 0.407 e. The molecule has 0 aliphatic rings. The standard InChI is InChI=1S/C14H21BrN2O4S/c1-14(2,3)21-13(18)16-8-9-17(22(4,19)20)12-7-5-6-11(15)10-12/h5-7,10H,8-9H2,1-4H3,(H,16,18).